The van der Waals surface area contributed by atoms with Crippen LogP contribution in [0.3, 0.4) is 0 Å². The first kappa shape index (κ1) is 14.4. The largest absolute Gasteiger partial charge is 0.381 e. The highest BCUT2D eigenvalue weighted by atomic mass is 32.2. The molecule has 0 radical (unpaired) electrons. The van der Waals surface area contributed by atoms with Gasteiger partial charge in [-0.25, -0.2) is 17.5 Å². The molecule has 1 fully saturated rings. The van der Waals surface area contributed by atoms with E-state index in [0.29, 0.717) is 26.1 Å². The van der Waals surface area contributed by atoms with Crippen molar-refractivity contribution in [3.05, 3.63) is 35.6 Å². The number of ether oxygens (including phenoxy) is 1. The number of rotatable bonds is 4. The van der Waals surface area contributed by atoms with Crippen molar-refractivity contribution >= 4 is 10.0 Å². The number of benzene rings is 1. The van der Waals surface area contributed by atoms with E-state index in [1.165, 1.54) is 19.2 Å². The topological polar surface area (TPSA) is 55.4 Å². The van der Waals surface area contributed by atoms with E-state index in [-0.39, 0.29) is 11.7 Å². The number of sulfonamides is 1. The molecule has 0 aromatic heterocycles. The van der Waals surface area contributed by atoms with E-state index in [1.807, 2.05) is 0 Å². The Bertz CT molecular complexity index is 515. The van der Waals surface area contributed by atoms with Gasteiger partial charge in [0.05, 0.1) is 11.9 Å². The van der Waals surface area contributed by atoms with Gasteiger partial charge in [0, 0.05) is 12.5 Å². The van der Waals surface area contributed by atoms with Crippen LogP contribution in [0.2, 0.25) is 0 Å². The fourth-order valence-corrected chi connectivity index (χ4v) is 3.84. The van der Waals surface area contributed by atoms with E-state index in [1.54, 1.807) is 12.1 Å². The van der Waals surface area contributed by atoms with Crippen molar-refractivity contribution < 1.29 is 17.5 Å². The molecule has 1 aromatic carbocycles. The summed E-state index contributed by atoms with van der Waals surface area (Å²) in [4.78, 5) is 0. The Morgan fingerprint density at radius 1 is 1.37 bits per heavy atom. The third kappa shape index (κ3) is 3.52. The predicted molar refractivity (Wildman–Crippen MR) is 70.8 cm³/mol. The maximum atomic E-state index is 12.9. The van der Waals surface area contributed by atoms with Gasteiger partial charge in [0.15, 0.2) is 0 Å². The Kier molecular flexibility index (Phi) is 4.54. The second-order valence-corrected chi connectivity index (χ2v) is 6.85. The predicted octanol–water partition coefficient (Wildman–Crippen LogP) is 1.32. The Morgan fingerprint density at radius 2 is 2.05 bits per heavy atom. The molecule has 1 N–H and O–H groups in total. The van der Waals surface area contributed by atoms with Gasteiger partial charge in [-0.1, -0.05) is 12.1 Å². The molecule has 1 heterocycles. The minimum absolute atomic E-state index is 0.100. The molecule has 0 saturated carbocycles. The highest BCUT2D eigenvalue weighted by molar-refractivity contribution is 7.90. The lowest BCUT2D eigenvalue weighted by molar-refractivity contribution is 0.0570. The van der Waals surface area contributed by atoms with Gasteiger partial charge in [0.1, 0.15) is 5.82 Å². The Labute approximate surface area is 113 Å². The summed E-state index contributed by atoms with van der Waals surface area (Å²) in [5.41, 5.74) is 0.924. The second-order valence-electron chi connectivity index (χ2n) is 4.74. The molecule has 6 heteroatoms. The lowest BCUT2D eigenvalue weighted by atomic mass is 9.93. The fraction of sp³-hybridized carbons (Fsp3) is 0.538. The zero-order valence-corrected chi connectivity index (χ0v) is 11.6. The summed E-state index contributed by atoms with van der Waals surface area (Å²) < 4.78 is 44.6. The van der Waals surface area contributed by atoms with E-state index in [0.717, 1.165) is 5.56 Å². The summed E-state index contributed by atoms with van der Waals surface area (Å²) >= 11 is 0. The SMILES string of the molecule is CNS(=O)(=O)[C@H]1CCOC[C@@H]1Cc1ccc(F)cc1. The average molecular weight is 287 g/mol. The van der Waals surface area contributed by atoms with Gasteiger partial charge in [-0.15, -0.1) is 0 Å². The molecule has 1 aliphatic rings. The summed E-state index contributed by atoms with van der Waals surface area (Å²) in [6, 6.07) is 6.15. The first-order valence-electron chi connectivity index (χ1n) is 6.27. The monoisotopic (exact) mass is 287 g/mol. The Balaban J connectivity index is 2.14. The molecule has 0 aliphatic carbocycles. The first-order chi connectivity index (χ1) is 9.03. The summed E-state index contributed by atoms with van der Waals surface area (Å²) in [5.74, 6) is -0.389. The van der Waals surface area contributed by atoms with Crippen LogP contribution in [0, 0.1) is 11.7 Å². The zero-order valence-electron chi connectivity index (χ0n) is 10.8. The van der Waals surface area contributed by atoms with Gasteiger partial charge in [0.25, 0.3) is 0 Å². The van der Waals surface area contributed by atoms with Crippen molar-refractivity contribution in [3.8, 4) is 0 Å². The average Bonchev–Trinajstić information content (AvgIpc) is 2.42. The third-order valence-corrected chi connectivity index (χ3v) is 5.49. The van der Waals surface area contributed by atoms with Gasteiger partial charge in [-0.3, -0.25) is 0 Å². The van der Waals surface area contributed by atoms with E-state index < -0.39 is 15.3 Å². The van der Waals surface area contributed by atoms with Crippen molar-refractivity contribution in [1.29, 1.82) is 0 Å². The van der Waals surface area contributed by atoms with Crippen LogP contribution in [-0.4, -0.2) is 33.9 Å². The normalized spacial score (nSPS) is 24.3. The molecule has 1 aromatic rings. The fourth-order valence-electron chi connectivity index (χ4n) is 2.45. The van der Waals surface area contributed by atoms with Crippen LogP contribution in [-0.2, 0) is 21.2 Å². The molecule has 0 spiro atoms. The lowest BCUT2D eigenvalue weighted by Crippen LogP contribution is -2.43. The molecule has 106 valence electrons. The molecule has 2 atom stereocenters. The minimum Gasteiger partial charge on any atom is -0.381 e. The number of hydrogen-bond donors (Lipinski definition) is 1. The van der Waals surface area contributed by atoms with Gasteiger partial charge in [-0.2, -0.15) is 0 Å². The molecule has 0 amide bonds. The second kappa shape index (κ2) is 5.98. The van der Waals surface area contributed by atoms with Gasteiger partial charge >= 0.3 is 0 Å². The molecular formula is C13H18FNO3S. The summed E-state index contributed by atoms with van der Waals surface area (Å²) in [6.45, 7) is 0.883. The molecule has 1 saturated heterocycles. The van der Waals surface area contributed by atoms with E-state index in [2.05, 4.69) is 4.72 Å². The van der Waals surface area contributed by atoms with Crippen molar-refractivity contribution in [2.75, 3.05) is 20.3 Å². The molecular weight excluding hydrogens is 269 g/mol. The maximum absolute atomic E-state index is 12.9. The van der Waals surface area contributed by atoms with Crippen LogP contribution in [0.15, 0.2) is 24.3 Å². The van der Waals surface area contributed by atoms with Crippen molar-refractivity contribution in [2.24, 2.45) is 5.92 Å². The van der Waals surface area contributed by atoms with Crippen molar-refractivity contribution in [2.45, 2.75) is 18.1 Å². The maximum Gasteiger partial charge on any atom is 0.214 e. The number of halogens is 1. The van der Waals surface area contributed by atoms with Crippen LogP contribution in [0.4, 0.5) is 4.39 Å². The molecule has 1 aliphatic heterocycles. The minimum atomic E-state index is -3.30. The standard InChI is InChI=1S/C13H18FNO3S/c1-15-19(16,17)13-6-7-18-9-11(13)8-10-2-4-12(14)5-3-10/h2-5,11,13,15H,6-9H2,1H3/t11-,13-/m0/s1. The van der Waals surface area contributed by atoms with Crippen molar-refractivity contribution in [1.82, 2.24) is 4.72 Å². The summed E-state index contributed by atoms with van der Waals surface area (Å²) in [5, 5.41) is -0.448. The first-order valence-corrected chi connectivity index (χ1v) is 7.82. The molecule has 0 bridgehead atoms. The Hall–Kier alpha value is -0.980. The summed E-state index contributed by atoms with van der Waals surface area (Å²) in [6.07, 6.45) is 1.07. The lowest BCUT2D eigenvalue weighted by Gasteiger charge is -2.30. The third-order valence-electron chi connectivity index (χ3n) is 3.50. The zero-order chi connectivity index (χ0) is 13.9. The highest BCUT2D eigenvalue weighted by Crippen LogP contribution is 2.25. The highest BCUT2D eigenvalue weighted by Gasteiger charge is 2.35. The van der Waals surface area contributed by atoms with Gasteiger partial charge < -0.3 is 4.74 Å². The van der Waals surface area contributed by atoms with E-state index >= 15 is 0 Å². The van der Waals surface area contributed by atoms with Crippen LogP contribution in [0.1, 0.15) is 12.0 Å². The number of hydrogen-bond acceptors (Lipinski definition) is 3. The number of nitrogens with one attached hydrogen (secondary N) is 1. The summed E-state index contributed by atoms with van der Waals surface area (Å²) in [7, 11) is -1.87. The van der Waals surface area contributed by atoms with Crippen LogP contribution < -0.4 is 4.72 Å². The molecule has 2 rings (SSSR count). The molecule has 0 unspecified atom stereocenters. The van der Waals surface area contributed by atoms with E-state index in [4.69, 9.17) is 4.74 Å². The van der Waals surface area contributed by atoms with Crippen LogP contribution >= 0.6 is 0 Å². The Morgan fingerprint density at radius 3 is 2.68 bits per heavy atom. The van der Waals surface area contributed by atoms with E-state index in [9.17, 15) is 12.8 Å². The molecule has 4 nitrogen and oxygen atoms in total. The van der Waals surface area contributed by atoms with Gasteiger partial charge in [-0.05, 0) is 37.6 Å². The van der Waals surface area contributed by atoms with Crippen molar-refractivity contribution in [3.63, 3.8) is 0 Å². The quantitative estimate of drug-likeness (QED) is 0.909. The van der Waals surface area contributed by atoms with Crippen LogP contribution in [0.25, 0.3) is 0 Å². The smallest absolute Gasteiger partial charge is 0.214 e. The van der Waals surface area contributed by atoms with Crippen LogP contribution in [0.5, 0.6) is 0 Å². The van der Waals surface area contributed by atoms with Gasteiger partial charge in [0.2, 0.25) is 10.0 Å². The molecule has 19 heavy (non-hydrogen) atoms.